The fourth-order valence-corrected chi connectivity index (χ4v) is 3.84. The van der Waals surface area contributed by atoms with Crippen LogP contribution in [0, 0.1) is 11.3 Å². The van der Waals surface area contributed by atoms with E-state index < -0.39 is 5.91 Å². The van der Waals surface area contributed by atoms with Crippen molar-refractivity contribution in [3.8, 4) is 0 Å². The quantitative estimate of drug-likeness (QED) is 0.780. The summed E-state index contributed by atoms with van der Waals surface area (Å²) in [5.74, 6) is 0.205. The second-order valence-corrected chi connectivity index (χ2v) is 6.47. The third-order valence-electron chi connectivity index (χ3n) is 5.18. The fourth-order valence-electron chi connectivity index (χ4n) is 3.84. The molecule has 2 atom stereocenters. The number of amides is 2. The van der Waals surface area contributed by atoms with Crippen LogP contribution in [0.15, 0.2) is 24.3 Å². The average Bonchev–Trinajstić information content (AvgIpc) is 2.98. The molecule has 0 aromatic heterocycles. The highest BCUT2D eigenvalue weighted by molar-refractivity contribution is 5.92. The number of primary amides is 1. The molecule has 6 heteroatoms. The molecule has 23 heavy (non-hydrogen) atoms. The number of halogens is 1. The molecular weight excluding hydrogens is 314 g/mol. The molecule has 0 bridgehead atoms. The summed E-state index contributed by atoms with van der Waals surface area (Å²) in [5, 5.41) is 6.48. The standard InChI is InChI=1S/C17H23N3O2.ClH/c18-15(21)13-6-4-12(5-7-13)9-20-16(22)17-8-2-1-3-14(17)10-19-11-17;/h4-7,14,19H,1-3,8-11H2,(H2,18,21)(H,20,22);1H/t14-,17+;/m0./s1. The largest absolute Gasteiger partial charge is 0.366 e. The van der Waals surface area contributed by atoms with Gasteiger partial charge in [-0.3, -0.25) is 9.59 Å². The van der Waals surface area contributed by atoms with Gasteiger partial charge < -0.3 is 16.4 Å². The molecular formula is C17H24ClN3O2. The van der Waals surface area contributed by atoms with Crippen LogP contribution in [0.2, 0.25) is 0 Å². The van der Waals surface area contributed by atoms with Gasteiger partial charge in [-0.15, -0.1) is 12.4 Å². The summed E-state index contributed by atoms with van der Waals surface area (Å²) >= 11 is 0. The second-order valence-electron chi connectivity index (χ2n) is 6.47. The lowest BCUT2D eigenvalue weighted by atomic mass is 9.67. The van der Waals surface area contributed by atoms with Gasteiger partial charge in [-0.1, -0.05) is 25.0 Å². The van der Waals surface area contributed by atoms with E-state index >= 15 is 0 Å². The highest BCUT2D eigenvalue weighted by Gasteiger charge is 2.49. The first kappa shape index (κ1) is 17.8. The first-order valence-corrected chi connectivity index (χ1v) is 7.99. The Morgan fingerprint density at radius 2 is 2.00 bits per heavy atom. The molecule has 2 amide bonds. The van der Waals surface area contributed by atoms with Crippen molar-refractivity contribution in [1.82, 2.24) is 10.6 Å². The van der Waals surface area contributed by atoms with Gasteiger partial charge in [-0.05, 0) is 43.0 Å². The second kappa shape index (κ2) is 7.32. The summed E-state index contributed by atoms with van der Waals surface area (Å²) < 4.78 is 0. The Labute approximate surface area is 142 Å². The van der Waals surface area contributed by atoms with Gasteiger partial charge in [0, 0.05) is 18.7 Å². The molecule has 1 saturated carbocycles. The molecule has 2 aliphatic rings. The van der Waals surface area contributed by atoms with Crippen molar-refractivity contribution in [2.24, 2.45) is 17.1 Å². The van der Waals surface area contributed by atoms with Crippen LogP contribution in [0.4, 0.5) is 0 Å². The number of rotatable bonds is 4. The maximum absolute atomic E-state index is 12.7. The van der Waals surface area contributed by atoms with Crippen LogP contribution in [0.5, 0.6) is 0 Å². The van der Waals surface area contributed by atoms with Gasteiger partial charge in [0.25, 0.3) is 0 Å². The lowest BCUT2D eigenvalue weighted by Crippen LogP contribution is -2.47. The molecule has 0 radical (unpaired) electrons. The van der Waals surface area contributed by atoms with Crippen molar-refractivity contribution < 1.29 is 9.59 Å². The number of carbonyl (C=O) groups excluding carboxylic acids is 2. The van der Waals surface area contributed by atoms with Crippen molar-refractivity contribution in [2.45, 2.75) is 32.2 Å². The zero-order valence-corrected chi connectivity index (χ0v) is 14.0. The molecule has 1 aliphatic heterocycles. The lowest BCUT2D eigenvalue weighted by Gasteiger charge is -2.37. The minimum atomic E-state index is -0.434. The van der Waals surface area contributed by atoms with Crippen LogP contribution in [0.3, 0.4) is 0 Å². The summed E-state index contributed by atoms with van der Waals surface area (Å²) in [6, 6.07) is 7.07. The first-order valence-electron chi connectivity index (χ1n) is 7.99. The maximum Gasteiger partial charge on any atom is 0.248 e. The van der Waals surface area contributed by atoms with Gasteiger partial charge in [0.1, 0.15) is 0 Å². The summed E-state index contributed by atoms with van der Waals surface area (Å²) in [6.07, 6.45) is 4.50. The molecule has 0 spiro atoms. The molecule has 0 unspecified atom stereocenters. The molecule has 126 valence electrons. The molecule has 2 fully saturated rings. The average molecular weight is 338 g/mol. The van der Waals surface area contributed by atoms with E-state index in [9.17, 15) is 9.59 Å². The number of hydrogen-bond acceptors (Lipinski definition) is 3. The van der Waals surface area contributed by atoms with Crippen molar-refractivity contribution in [3.63, 3.8) is 0 Å². The lowest BCUT2D eigenvalue weighted by molar-refractivity contribution is -0.134. The fraction of sp³-hybridized carbons (Fsp3) is 0.529. The van der Waals surface area contributed by atoms with Crippen LogP contribution in [0.1, 0.15) is 41.6 Å². The molecule has 3 rings (SSSR count). The van der Waals surface area contributed by atoms with Gasteiger partial charge in [0.2, 0.25) is 11.8 Å². The zero-order chi connectivity index (χ0) is 15.6. The predicted molar refractivity (Wildman–Crippen MR) is 91.3 cm³/mol. The molecule has 1 aromatic carbocycles. The number of fused-ring (bicyclic) bond motifs is 1. The Morgan fingerprint density at radius 1 is 1.26 bits per heavy atom. The zero-order valence-electron chi connectivity index (χ0n) is 13.1. The summed E-state index contributed by atoms with van der Waals surface area (Å²) in [6.45, 7) is 2.25. The highest BCUT2D eigenvalue weighted by atomic mass is 35.5. The predicted octanol–water partition coefficient (Wildman–Crippen LogP) is 1.60. The van der Waals surface area contributed by atoms with E-state index in [0.717, 1.165) is 37.9 Å². The van der Waals surface area contributed by atoms with E-state index in [0.29, 0.717) is 18.0 Å². The normalized spacial score (nSPS) is 26.0. The van der Waals surface area contributed by atoms with Crippen molar-refractivity contribution in [2.75, 3.05) is 13.1 Å². The van der Waals surface area contributed by atoms with Crippen molar-refractivity contribution in [3.05, 3.63) is 35.4 Å². The minimum absolute atomic E-state index is 0. The first-order chi connectivity index (χ1) is 10.6. The third-order valence-corrected chi connectivity index (χ3v) is 5.18. The van der Waals surface area contributed by atoms with E-state index in [1.807, 2.05) is 12.1 Å². The van der Waals surface area contributed by atoms with E-state index in [1.54, 1.807) is 12.1 Å². The number of hydrogen-bond donors (Lipinski definition) is 3. The highest BCUT2D eigenvalue weighted by Crippen LogP contribution is 2.43. The molecule has 1 aromatic rings. The van der Waals surface area contributed by atoms with Crippen molar-refractivity contribution >= 4 is 24.2 Å². The Bertz CT molecular complexity index is 576. The maximum atomic E-state index is 12.7. The SMILES string of the molecule is Cl.NC(=O)c1ccc(CNC(=O)[C@@]23CCCC[C@H]2CNC3)cc1. The molecule has 5 nitrogen and oxygen atoms in total. The summed E-state index contributed by atoms with van der Waals surface area (Å²) in [4.78, 5) is 23.8. The monoisotopic (exact) mass is 337 g/mol. The summed E-state index contributed by atoms with van der Waals surface area (Å²) in [7, 11) is 0. The van der Waals surface area contributed by atoms with Gasteiger partial charge in [-0.25, -0.2) is 0 Å². The van der Waals surface area contributed by atoms with Crippen molar-refractivity contribution in [1.29, 1.82) is 0 Å². The molecule has 1 saturated heterocycles. The van der Waals surface area contributed by atoms with Gasteiger partial charge in [0.05, 0.1) is 5.41 Å². The number of benzene rings is 1. The number of nitrogens with one attached hydrogen (secondary N) is 2. The van der Waals surface area contributed by atoms with Crippen LogP contribution in [-0.4, -0.2) is 24.9 Å². The van der Waals surface area contributed by atoms with Crippen LogP contribution in [0.25, 0.3) is 0 Å². The summed E-state index contributed by atoms with van der Waals surface area (Å²) in [5.41, 5.74) is 6.48. The van der Waals surface area contributed by atoms with Gasteiger partial charge >= 0.3 is 0 Å². The smallest absolute Gasteiger partial charge is 0.248 e. The van der Waals surface area contributed by atoms with E-state index in [1.165, 1.54) is 6.42 Å². The molecule has 4 N–H and O–H groups in total. The Hall–Kier alpha value is -1.59. The Kier molecular flexibility index (Phi) is 5.65. The minimum Gasteiger partial charge on any atom is -0.366 e. The van der Waals surface area contributed by atoms with Crippen LogP contribution in [-0.2, 0) is 11.3 Å². The van der Waals surface area contributed by atoms with Crippen LogP contribution >= 0.6 is 12.4 Å². The van der Waals surface area contributed by atoms with Gasteiger partial charge in [0.15, 0.2) is 0 Å². The topological polar surface area (TPSA) is 84.2 Å². The van der Waals surface area contributed by atoms with E-state index in [4.69, 9.17) is 5.73 Å². The number of carbonyl (C=O) groups is 2. The Morgan fingerprint density at radius 3 is 2.70 bits per heavy atom. The Balaban J connectivity index is 0.00000192. The molecule has 1 aliphatic carbocycles. The van der Waals surface area contributed by atoms with E-state index in [2.05, 4.69) is 10.6 Å². The third kappa shape index (κ3) is 3.51. The molecule has 1 heterocycles. The van der Waals surface area contributed by atoms with E-state index in [-0.39, 0.29) is 23.7 Å². The number of nitrogens with two attached hydrogens (primary N) is 1. The van der Waals surface area contributed by atoms with Gasteiger partial charge in [-0.2, -0.15) is 0 Å². The van der Waals surface area contributed by atoms with Crippen LogP contribution < -0.4 is 16.4 Å².